The first-order chi connectivity index (χ1) is 10.8. The molecule has 7 nitrogen and oxygen atoms in total. The van der Waals surface area contributed by atoms with Gasteiger partial charge in [-0.1, -0.05) is 30.3 Å². The summed E-state index contributed by atoms with van der Waals surface area (Å²) in [5.41, 5.74) is 0.944. The highest BCUT2D eigenvalue weighted by Gasteiger charge is 2.20. The summed E-state index contributed by atoms with van der Waals surface area (Å²) in [6, 6.07) is 13.1. The fourth-order valence-corrected chi connectivity index (χ4v) is 2.41. The minimum Gasteiger partial charge on any atom is -0.486 e. The van der Waals surface area contributed by atoms with Crippen molar-refractivity contribution in [3.8, 4) is 5.75 Å². The molecule has 0 aliphatic rings. The number of non-ortho nitro benzene ring substituents is 1. The zero-order chi connectivity index (χ0) is 17.0. The predicted molar refractivity (Wildman–Crippen MR) is 87.1 cm³/mol. The SMILES string of the molecule is CS(=O)(=O)N([11CH3])c1ccc([N+](=O)[O-])cc1OCc1ccccc1. The lowest BCUT2D eigenvalue weighted by atomic mass is 10.2. The molecule has 0 saturated heterocycles. The van der Waals surface area contributed by atoms with E-state index in [9.17, 15) is 18.5 Å². The van der Waals surface area contributed by atoms with Gasteiger partial charge in [0.2, 0.25) is 10.0 Å². The number of ether oxygens (including phenoxy) is 1. The molecular formula is C15H16N2O5S. The molecule has 8 heteroatoms. The Kier molecular flexibility index (Phi) is 4.85. The molecule has 0 heterocycles. The molecule has 0 atom stereocenters. The van der Waals surface area contributed by atoms with Gasteiger partial charge in [0.15, 0.2) is 5.75 Å². The van der Waals surface area contributed by atoms with Crippen molar-refractivity contribution in [1.29, 1.82) is 0 Å². The molecule has 0 unspecified atom stereocenters. The van der Waals surface area contributed by atoms with Crippen LogP contribution in [-0.4, -0.2) is 26.6 Å². The van der Waals surface area contributed by atoms with Gasteiger partial charge in [-0.15, -0.1) is 0 Å². The fraction of sp³-hybridized carbons (Fsp3) is 0.200. The fourth-order valence-electron chi connectivity index (χ4n) is 1.91. The van der Waals surface area contributed by atoms with Crippen LogP contribution in [0.4, 0.5) is 11.4 Å². The monoisotopic (exact) mass is 335 g/mol. The van der Waals surface area contributed by atoms with Crippen LogP contribution < -0.4 is 9.04 Å². The number of anilines is 1. The van der Waals surface area contributed by atoms with Gasteiger partial charge in [0, 0.05) is 13.1 Å². The molecule has 23 heavy (non-hydrogen) atoms. The number of benzene rings is 2. The summed E-state index contributed by atoms with van der Waals surface area (Å²) in [5.74, 6) is 0.135. The van der Waals surface area contributed by atoms with Gasteiger partial charge in [-0.25, -0.2) is 8.42 Å². The topological polar surface area (TPSA) is 89.8 Å². The third-order valence-corrected chi connectivity index (χ3v) is 4.42. The molecule has 0 N–H and O–H groups in total. The van der Waals surface area contributed by atoms with E-state index in [2.05, 4.69) is 0 Å². The van der Waals surface area contributed by atoms with E-state index < -0.39 is 14.9 Å². The molecule has 0 aromatic heterocycles. The van der Waals surface area contributed by atoms with E-state index in [-0.39, 0.29) is 23.7 Å². The number of nitro benzene ring substituents is 1. The van der Waals surface area contributed by atoms with Crippen molar-refractivity contribution in [1.82, 2.24) is 0 Å². The molecule has 0 spiro atoms. The number of hydrogen-bond donors (Lipinski definition) is 0. The average Bonchev–Trinajstić information content (AvgIpc) is 2.52. The molecule has 122 valence electrons. The summed E-state index contributed by atoms with van der Waals surface area (Å²) in [7, 11) is -2.14. The molecule has 0 aliphatic heterocycles. The van der Waals surface area contributed by atoms with E-state index in [1.54, 1.807) is 0 Å². The Balaban J connectivity index is 2.37. The van der Waals surface area contributed by atoms with Crippen LogP contribution in [0.3, 0.4) is 0 Å². The van der Waals surface area contributed by atoms with Crippen molar-refractivity contribution in [2.75, 3.05) is 17.6 Å². The Labute approximate surface area is 134 Å². The normalized spacial score (nSPS) is 11.0. The van der Waals surface area contributed by atoms with Crippen LogP contribution in [-0.2, 0) is 16.6 Å². The van der Waals surface area contributed by atoms with Crippen LogP contribution in [0, 0.1) is 10.1 Å². The highest BCUT2D eigenvalue weighted by atomic mass is 32.2. The molecule has 0 radical (unpaired) electrons. The zero-order valence-electron chi connectivity index (χ0n) is 12.7. The molecular weight excluding hydrogens is 319 g/mol. The summed E-state index contributed by atoms with van der Waals surface area (Å²) in [6.07, 6.45) is 1.05. The highest BCUT2D eigenvalue weighted by Crippen LogP contribution is 2.33. The second-order valence-corrected chi connectivity index (χ2v) is 6.93. The van der Waals surface area contributed by atoms with Crippen LogP contribution >= 0.6 is 0 Å². The van der Waals surface area contributed by atoms with Crippen molar-refractivity contribution in [3.05, 3.63) is 64.2 Å². The van der Waals surface area contributed by atoms with Gasteiger partial charge in [-0.05, 0) is 11.6 Å². The summed E-state index contributed by atoms with van der Waals surface area (Å²) in [5, 5.41) is 10.9. The van der Waals surface area contributed by atoms with Gasteiger partial charge >= 0.3 is 0 Å². The molecule has 0 aliphatic carbocycles. The summed E-state index contributed by atoms with van der Waals surface area (Å²) in [4.78, 5) is 10.4. The van der Waals surface area contributed by atoms with E-state index in [1.807, 2.05) is 30.3 Å². The zero-order valence-corrected chi connectivity index (χ0v) is 13.5. The largest absolute Gasteiger partial charge is 0.486 e. The summed E-state index contributed by atoms with van der Waals surface area (Å²) < 4.78 is 30.1. The Morgan fingerprint density at radius 3 is 2.39 bits per heavy atom. The lowest BCUT2D eigenvalue weighted by Gasteiger charge is -2.20. The van der Waals surface area contributed by atoms with Crippen LogP contribution in [0.15, 0.2) is 48.5 Å². The van der Waals surface area contributed by atoms with Gasteiger partial charge in [0.25, 0.3) is 5.69 Å². The van der Waals surface area contributed by atoms with Crippen molar-refractivity contribution in [3.63, 3.8) is 0 Å². The minimum absolute atomic E-state index is 0.135. The molecule has 0 bridgehead atoms. The molecule has 2 aromatic rings. The van der Waals surface area contributed by atoms with Crippen molar-refractivity contribution in [2.45, 2.75) is 6.61 Å². The third kappa shape index (κ3) is 4.19. The maximum absolute atomic E-state index is 11.7. The van der Waals surface area contributed by atoms with Crippen molar-refractivity contribution >= 4 is 21.4 Å². The molecule has 0 saturated carbocycles. The van der Waals surface area contributed by atoms with Gasteiger partial charge in [-0.2, -0.15) is 0 Å². The van der Waals surface area contributed by atoms with Crippen molar-refractivity contribution < 1.29 is 18.1 Å². The maximum Gasteiger partial charge on any atom is 0.273 e. The number of rotatable bonds is 6. The second kappa shape index (κ2) is 6.66. The lowest BCUT2D eigenvalue weighted by molar-refractivity contribution is -0.384. The number of nitrogens with zero attached hydrogens (tertiary/aromatic N) is 2. The van der Waals surface area contributed by atoms with Gasteiger partial charge < -0.3 is 4.74 Å². The maximum atomic E-state index is 11.7. The third-order valence-electron chi connectivity index (χ3n) is 3.23. The predicted octanol–water partition coefficient (Wildman–Crippen LogP) is 2.57. The van der Waals surface area contributed by atoms with Gasteiger partial charge in [0.05, 0.1) is 22.9 Å². The van der Waals surface area contributed by atoms with Gasteiger partial charge in [-0.3, -0.25) is 14.4 Å². The molecule has 0 amide bonds. The second-order valence-electron chi connectivity index (χ2n) is 4.91. The summed E-state index contributed by atoms with van der Waals surface area (Å²) >= 11 is 0. The minimum atomic E-state index is -3.51. The molecule has 2 rings (SSSR count). The Morgan fingerprint density at radius 1 is 1.17 bits per heavy atom. The standard InChI is InChI=1S/C15H16N2O5S/c1-16(23(2,20)21)14-9-8-13(17(18)19)10-15(14)22-11-12-6-4-3-5-7-12/h3-10H,11H2,1-2H3/i1-1. The number of hydrogen-bond acceptors (Lipinski definition) is 5. The lowest BCUT2D eigenvalue weighted by Crippen LogP contribution is -2.25. The Bertz CT molecular complexity index is 806. The smallest absolute Gasteiger partial charge is 0.273 e. The van der Waals surface area contributed by atoms with E-state index in [4.69, 9.17) is 4.74 Å². The highest BCUT2D eigenvalue weighted by molar-refractivity contribution is 7.92. The van der Waals surface area contributed by atoms with Crippen LogP contribution in [0.25, 0.3) is 0 Å². The van der Waals surface area contributed by atoms with E-state index in [0.717, 1.165) is 16.1 Å². The first-order valence-corrected chi connectivity index (χ1v) is 8.53. The number of nitro groups is 1. The first-order valence-electron chi connectivity index (χ1n) is 6.68. The molecule has 2 aromatic carbocycles. The van der Waals surface area contributed by atoms with Gasteiger partial charge in [0.1, 0.15) is 6.61 Å². The van der Waals surface area contributed by atoms with Crippen molar-refractivity contribution in [2.24, 2.45) is 0 Å². The Hall–Kier alpha value is -2.61. The van der Waals surface area contributed by atoms with E-state index in [0.29, 0.717) is 0 Å². The quantitative estimate of drug-likeness (QED) is 0.598. The summed E-state index contributed by atoms with van der Waals surface area (Å²) in [6.45, 7) is 0.173. The Morgan fingerprint density at radius 2 is 1.83 bits per heavy atom. The average molecular weight is 335 g/mol. The number of sulfonamides is 1. The van der Waals surface area contributed by atoms with Crippen LogP contribution in [0.1, 0.15) is 5.56 Å². The van der Waals surface area contributed by atoms with Crippen LogP contribution in [0.2, 0.25) is 0 Å². The first kappa shape index (κ1) is 16.8. The van der Waals surface area contributed by atoms with Crippen LogP contribution in [0.5, 0.6) is 5.75 Å². The molecule has 0 fully saturated rings. The van der Waals surface area contributed by atoms with E-state index in [1.165, 1.54) is 25.2 Å². The van der Waals surface area contributed by atoms with E-state index >= 15 is 0 Å².